The van der Waals surface area contributed by atoms with E-state index in [1.807, 2.05) is 0 Å². The van der Waals surface area contributed by atoms with Gasteiger partial charge in [0.1, 0.15) is 5.78 Å². The number of carbonyl (C=O) groups is 3. The lowest BCUT2D eigenvalue weighted by molar-refractivity contribution is -0.121. The number of hydrogen-bond acceptors (Lipinski definition) is 3. The monoisotopic (exact) mass is 204 g/mol. The summed E-state index contributed by atoms with van der Waals surface area (Å²) in [5, 5.41) is 0. The van der Waals surface area contributed by atoms with Crippen LogP contribution in [0.25, 0.3) is 0 Å². The second-order valence-electron chi connectivity index (χ2n) is 3.32. The van der Waals surface area contributed by atoms with Gasteiger partial charge in [-0.05, 0) is 6.92 Å². The Morgan fingerprint density at radius 2 is 1.60 bits per heavy atom. The zero-order valence-corrected chi connectivity index (χ0v) is 8.53. The fraction of sp³-hybridized carbons (Fsp3) is 0.250. The molecule has 0 aromatic heterocycles. The molecule has 1 rings (SSSR count). The van der Waals surface area contributed by atoms with E-state index in [0.717, 1.165) is 0 Å². The largest absolute Gasteiger partial charge is 0.300 e. The molecule has 3 heteroatoms. The number of ketones is 3. The van der Waals surface area contributed by atoms with E-state index >= 15 is 0 Å². The molecule has 0 fully saturated rings. The number of benzene rings is 1. The maximum Gasteiger partial charge on any atom is 0.228 e. The van der Waals surface area contributed by atoms with Crippen molar-refractivity contribution in [2.24, 2.45) is 0 Å². The summed E-state index contributed by atoms with van der Waals surface area (Å²) in [5.41, 5.74) is 0.381. The van der Waals surface area contributed by atoms with Gasteiger partial charge in [0.25, 0.3) is 0 Å². The molecule has 0 heterocycles. The Kier molecular flexibility index (Phi) is 3.92. The Bertz CT molecular complexity index is 379. The number of rotatable bonds is 5. The normalized spacial score (nSPS) is 9.67. The minimum absolute atomic E-state index is 0.00304. The lowest BCUT2D eigenvalue weighted by atomic mass is 10.0. The molecule has 0 unspecified atom stereocenters. The molecule has 0 atom stereocenters. The zero-order chi connectivity index (χ0) is 11.3. The SMILES string of the molecule is CC(=O)CCC(=O)C(=O)c1ccccc1. The molecule has 1 aromatic rings. The smallest absolute Gasteiger partial charge is 0.228 e. The van der Waals surface area contributed by atoms with Crippen molar-refractivity contribution in [3.05, 3.63) is 35.9 Å². The van der Waals surface area contributed by atoms with E-state index in [0.29, 0.717) is 5.56 Å². The topological polar surface area (TPSA) is 51.2 Å². The van der Waals surface area contributed by atoms with Gasteiger partial charge in [-0.2, -0.15) is 0 Å². The molecule has 78 valence electrons. The van der Waals surface area contributed by atoms with E-state index < -0.39 is 11.6 Å². The highest BCUT2D eigenvalue weighted by Gasteiger charge is 2.15. The van der Waals surface area contributed by atoms with Crippen LogP contribution in [-0.4, -0.2) is 17.3 Å². The van der Waals surface area contributed by atoms with Crippen LogP contribution in [0.1, 0.15) is 30.1 Å². The van der Waals surface area contributed by atoms with Gasteiger partial charge >= 0.3 is 0 Å². The predicted octanol–water partition coefficient (Wildman–Crippen LogP) is 1.81. The average Bonchev–Trinajstić information content (AvgIpc) is 2.26. The van der Waals surface area contributed by atoms with Gasteiger partial charge in [0.05, 0.1) is 0 Å². The zero-order valence-electron chi connectivity index (χ0n) is 8.53. The van der Waals surface area contributed by atoms with Gasteiger partial charge in [0, 0.05) is 18.4 Å². The van der Waals surface area contributed by atoms with Crippen molar-refractivity contribution in [2.45, 2.75) is 19.8 Å². The van der Waals surface area contributed by atoms with Crippen LogP contribution in [0.4, 0.5) is 0 Å². The van der Waals surface area contributed by atoms with Crippen LogP contribution in [0.3, 0.4) is 0 Å². The van der Waals surface area contributed by atoms with Gasteiger partial charge in [0.2, 0.25) is 11.6 Å². The Labute approximate surface area is 88.1 Å². The van der Waals surface area contributed by atoms with Crippen molar-refractivity contribution in [3.8, 4) is 0 Å². The summed E-state index contributed by atoms with van der Waals surface area (Å²) >= 11 is 0. The van der Waals surface area contributed by atoms with E-state index in [4.69, 9.17) is 0 Å². The van der Waals surface area contributed by atoms with Crippen molar-refractivity contribution in [3.63, 3.8) is 0 Å². The number of carbonyl (C=O) groups excluding carboxylic acids is 3. The number of Topliss-reactive ketones (excluding diaryl/α,β-unsaturated/α-hetero) is 3. The molecule has 0 N–H and O–H groups in total. The second-order valence-corrected chi connectivity index (χ2v) is 3.32. The molecular formula is C12H12O3. The summed E-state index contributed by atoms with van der Waals surface area (Å²) in [6.07, 6.45) is 0.139. The first-order valence-corrected chi connectivity index (χ1v) is 4.73. The van der Waals surface area contributed by atoms with Crippen LogP contribution >= 0.6 is 0 Å². The molecule has 0 bridgehead atoms. The molecule has 0 saturated carbocycles. The van der Waals surface area contributed by atoms with Gasteiger partial charge in [-0.1, -0.05) is 30.3 Å². The van der Waals surface area contributed by atoms with Crippen LogP contribution in [0, 0.1) is 0 Å². The highest BCUT2D eigenvalue weighted by molar-refractivity contribution is 6.43. The molecule has 15 heavy (non-hydrogen) atoms. The van der Waals surface area contributed by atoms with Gasteiger partial charge in [-0.15, -0.1) is 0 Å². The molecule has 0 aliphatic carbocycles. The summed E-state index contributed by atoms with van der Waals surface area (Å²) in [4.78, 5) is 33.5. The minimum atomic E-state index is -0.517. The lowest BCUT2D eigenvalue weighted by Gasteiger charge is -1.98. The van der Waals surface area contributed by atoms with Crippen molar-refractivity contribution >= 4 is 17.3 Å². The van der Waals surface area contributed by atoms with E-state index in [1.54, 1.807) is 30.3 Å². The standard InChI is InChI=1S/C12H12O3/c1-9(13)7-8-11(14)12(15)10-5-3-2-4-6-10/h2-6H,7-8H2,1H3. The van der Waals surface area contributed by atoms with E-state index in [1.165, 1.54) is 6.92 Å². The van der Waals surface area contributed by atoms with Crippen molar-refractivity contribution in [1.82, 2.24) is 0 Å². The summed E-state index contributed by atoms with van der Waals surface area (Å²) in [6, 6.07) is 8.36. The highest BCUT2D eigenvalue weighted by Crippen LogP contribution is 2.04. The summed E-state index contributed by atoms with van der Waals surface area (Å²) in [6.45, 7) is 1.40. The second kappa shape index (κ2) is 5.20. The summed E-state index contributed by atoms with van der Waals surface area (Å²) in [5.74, 6) is -1.10. The third-order valence-electron chi connectivity index (χ3n) is 1.99. The molecule has 0 spiro atoms. The molecular weight excluding hydrogens is 192 g/mol. The molecule has 0 saturated heterocycles. The third kappa shape index (κ3) is 3.46. The Hall–Kier alpha value is -1.77. The minimum Gasteiger partial charge on any atom is -0.300 e. The first-order valence-electron chi connectivity index (χ1n) is 4.73. The first-order chi connectivity index (χ1) is 7.11. The molecule has 0 aliphatic rings. The Balaban J connectivity index is 2.62. The average molecular weight is 204 g/mol. The molecule has 3 nitrogen and oxygen atoms in total. The number of hydrogen-bond donors (Lipinski definition) is 0. The first kappa shape index (κ1) is 11.3. The van der Waals surface area contributed by atoms with E-state index in [9.17, 15) is 14.4 Å². The van der Waals surface area contributed by atoms with E-state index in [-0.39, 0.29) is 18.6 Å². The maximum absolute atomic E-state index is 11.5. The van der Waals surface area contributed by atoms with Crippen LogP contribution in [0.5, 0.6) is 0 Å². The quantitative estimate of drug-likeness (QED) is 0.543. The van der Waals surface area contributed by atoms with Gasteiger partial charge in [0.15, 0.2) is 0 Å². The maximum atomic E-state index is 11.5. The van der Waals surface area contributed by atoms with Crippen LogP contribution in [0.2, 0.25) is 0 Å². The van der Waals surface area contributed by atoms with Gasteiger partial charge in [-0.3, -0.25) is 9.59 Å². The third-order valence-corrected chi connectivity index (χ3v) is 1.99. The molecule has 0 radical (unpaired) electrons. The summed E-state index contributed by atoms with van der Waals surface area (Å²) in [7, 11) is 0. The highest BCUT2D eigenvalue weighted by atomic mass is 16.2. The molecule has 0 amide bonds. The lowest BCUT2D eigenvalue weighted by Crippen LogP contribution is -2.14. The Morgan fingerprint density at radius 1 is 1.00 bits per heavy atom. The molecule has 1 aromatic carbocycles. The Morgan fingerprint density at radius 3 is 2.13 bits per heavy atom. The van der Waals surface area contributed by atoms with E-state index in [2.05, 4.69) is 0 Å². The van der Waals surface area contributed by atoms with Crippen molar-refractivity contribution in [2.75, 3.05) is 0 Å². The van der Waals surface area contributed by atoms with Crippen molar-refractivity contribution < 1.29 is 14.4 Å². The fourth-order valence-corrected chi connectivity index (χ4v) is 1.15. The van der Waals surface area contributed by atoms with Crippen LogP contribution in [0.15, 0.2) is 30.3 Å². The van der Waals surface area contributed by atoms with Gasteiger partial charge < -0.3 is 4.79 Å². The molecule has 0 aliphatic heterocycles. The van der Waals surface area contributed by atoms with Crippen LogP contribution in [-0.2, 0) is 9.59 Å². The van der Waals surface area contributed by atoms with Crippen molar-refractivity contribution in [1.29, 1.82) is 0 Å². The van der Waals surface area contributed by atoms with Gasteiger partial charge in [-0.25, -0.2) is 0 Å². The summed E-state index contributed by atoms with van der Waals surface area (Å²) < 4.78 is 0. The fourth-order valence-electron chi connectivity index (χ4n) is 1.15. The van der Waals surface area contributed by atoms with Crippen LogP contribution < -0.4 is 0 Å². The predicted molar refractivity (Wildman–Crippen MR) is 55.7 cm³/mol.